The fraction of sp³-hybridized carbons (Fsp3) is 0.188. The van der Waals surface area contributed by atoms with Crippen molar-refractivity contribution in [3.63, 3.8) is 0 Å². The molecule has 1 N–H and O–H groups in total. The Morgan fingerprint density at radius 1 is 1.35 bits per heavy atom. The second-order valence-electron chi connectivity index (χ2n) is 4.83. The zero-order chi connectivity index (χ0) is 16.2. The molecule has 0 unspecified atom stereocenters. The minimum absolute atomic E-state index is 0.458. The third-order valence-corrected chi connectivity index (χ3v) is 4.48. The second kappa shape index (κ2) is 6.89. The molecular formula is C16H16N4OS2. The Labute approximate surface area is 143 Å². The molecule has 7 heteroatoms. The highest BCUT2D eigenvalue weighted by molar-refractivity contribution is 7.71. The van der Waals surface area contributed by atoms with Gasteiger partial charge < -0.3 is 4.74 Å². The highest BCUT2D eigenvalue weighted by atomic mass is 32.1. The number of aromatic amines is 1. The zero-order valence-corrected chi connectivity index (χ0v) is 14.4. The van der Waals surface area contributed by atoms with E-state index in [1.807, 2.05) is 42.8 Å². The lowest BCUT2D eigenvalue weighted by molar-refractivity contribution is 0.340. The number of thiophene rings is 1. The molecule has 0 aliphatic heterocycles. The topological polar surface area (TPSA) is 55.2 Å². The van der Waals surface area contributed by atoms with Gasteiger partial charge in [0.25, 0.3) is 0 Å². The fourth-order valence-corrected chi connectivity index (χ4v) is 3.04. The van der Waals surface area contributed by atoms with Crippen molar-refractivity contribution in [2.75, 3.05) is 6.61 Å². The van der Waals surface area contributed by atoms with Crippen LogP contribution in [0.4, 0.5) is 0 Å². The van der Waals surface area contributed by atoms with Crippen LogP contribution in [0.1, 0.15) is 17.4 Å². The smallest absolute Gasteiger partial charge is 0.216 e. The minimum Gasteiger partial charge on any atom is -0.494 e. The van der Waals surface area contributed by atoms with E-state index in [1.165, 1.54) is 5.56 Å². The lowest BCUT2D eigenvalue weighted by Gasteiger charge is -2.04. The molecule has 0 aliphatic carbocycles. The number of H-pyrrole nitrogens is 1. The number of rotatable bonds is 5. The molecule has 0 spiro atoms. The summed E-state index contributed by atoms with van der Waals surface area (Å²) >= 11 is 6.92. The Morgan fingerprint density at radius 3 is 2.78 bits per heavy atom. The summed E-state index contributed by atoms with van der Waals surface area (Å²) < 4.78 is 7.54. The molecule has 3 aromatic rings. The maximum atomic E-state index is 5.46. The first-order valence-corrected chi connectivity index (χ1v) is 8.47. The van der Waals surface area contributed by atoms with Gasteiger partial charge in [-0.2, -0.15) is 14.9 Å². The predicted octanol–water partition coefficient (Wildman–Crippen LogP) is 4.26. The monoisotopic (exact) mass is 344 g/mol. The number of aromatic nitrogens is 3. The van der Waals surface area contributed by atoms with Gasteiger partial charge in [0.15, 0.2) is 5.82 Å². The summed E-state index contributed by atoms with van der Waals surface area (Å²) in [5.74, 6) is 1.50. The van der Waals surface area contributed by atoms with Gasteiger partial charge in [-0.1, -0.05) is 0 Å². The Bertz CT molecular complexity index is 874. The van der Waals surface area contributed by atoms with Crippen molar-refractivity contribution in [3.8, 4) is 17.1 Å². The average Bonchev–Trinajstić information content (AvgIpc) is 3.12. The van der Waals surface area contributed by atoms with Crippen LogP contribution in [-0.4, -0.2) is 27.7 Å². The number of hydrogen-bond acceptors (Lipinski definition) is 5. The van der Waals surface area contributed by atoms with E-state index < -0.39 is 0 Å². The third kappa shape index (κ3) is 3.40. The molecule has 5 nitrogen and oxygen atoms in total. The molecule has 0 amide bonds. The summed E-state index contributed by atoms with van der Waals surface area (Å²) in [6.07, 6.45) is 1.81. The summed E-state index contributed by atoms with van der Waals surface area (Å²) in [6, 6.07) is 9.77. The summed E-state index contributed by atoms with van der Waals surface area (Å²) in [5, 5.41) is 13.6. The van der Waals surface area contributed by atoms with Gasteiger partial charge in [-0.15, -0.1) is 11.3 Å². The van der Waals surface area contributed by atoms with Crippen molar-refractivity contribution < 1.29 is 4.74 Å². The minimum atomic E-state index is 0.458. The molecule has 0 aliphatic rings. The molecule has 2 heterocycles. The van der Waals surface area contributed by atoms with Crippen LogP contribution in [0.15, 0.2) is 40.8 Å². The van der Waals surface area contributed by atoms with Crippen molar-refractivity contribution in [1.29, 1.82) is 0 Å². The van der Waals surface area contributed by atoms with Crippen molar-refractivity contribution in [1.82, 2.24) is 14.9 Å². The zero-order valence-electron chi connectivity index (χ0n) is 12.8. The average molecular weight is 344 g/mol. The Hall–Kier alpha value is -2.25. The van der Waals surface area contributed by atoms with E-state index in [1.54, 1.807) is 16.0 Å². The molecule has 0 saturated heterocycles. The standard InChI is InChI=1S/C16H16N4OS2/c1-3-21-13-6-4-12(5-7-13)15-18-19-16(22)20(15)17-10-14-11(2)8-9-23-14/h4-10H,3H2,1-2H3,(H,19,22). The molecule has 3 rings (SSSR count). The molecule has 0 atom stereocenters. The van der Waals surface area contributed by atoms with Crippen LogP contribution in [0, 0.1) is 11.7 Å². The Balaban J connectivity index is 1.94. The molecule has 23 heavy (non-hydrogen) atoms. The van der Waals surface area contributed by atoms with Crippen LogP contribution in [0.25, 0.3) is 11.4 Å². The van der Waals surface area contributed by atoms with Crippen molar-refractivity contribution >= 4 is 29.8 Å². The fourth-order valence-electron chi connectivity index (χ4n) is 2.08. The molecule has 118 valence electrons. The second-order valence-corrected chi connectivity index (χ2v) is 6.17. The van der Waals surface area contributed by atoms with E-state index in [0.29, 0.717) is 17.2 Å². The highest BCUT2D eigenvalue weighted by Gasteiger charge is 2.08. The first-order chi connectivity index (χ1) is 11.2. The van der Waals surface area contributed by atoms with Crippen molar-refractivity contribution in [3.05, 3.63) is 50.9 Å². The van der Waals surface area contributed by atoms with Crippen LogP contribution < -0.4 is 4.74 Å². The molecule has 1 aromatic carbocycles. The van der Waals surface area contributed by atoms with E-state index in [-0.39, 0.29) is 0 Å². The first kappa shape index (κ1) is 15.6. The van der Waals surface area contributed by atoms with E-state index in [2.05, 4.69) is 28.3 Å². The molecule has 0 fully saturated rings. The number of nitrogens with zero attached hydrogens (tertiary/aromatic N) is 3. The molecule has 0 radical (unpaired) electrons. The van der Waals surface area contributed by atoms with Gasteiger partial charge in [0.05, 0.1) is 17.7 Å². The summed E-state index contributed by atoms with van der Waals surface area (Å²) in [6.45, 7) is 4.66. The van der Waals surface area contributed by atoms with Crippen molar-refractivity contribution in [2.45, 2.75) is 13.8 Å². The van der Waals surface area contributed by atoms with Gasteiger partial charge in [0, 0.05) is 5.56 Å². The first-order valence-electron chi connectivity index (χ1n) is 7.18. The maximum Gasteiger partial charge on any atom is 0.216 e. The molecule has 2 aromatic heterocycles. The molecular weight excluding hydrogens is 328 g/mol. The Kier molecular flexibility index (Phi) is 4.68. The highest BCUT2D eigenvalue weighted by Crippen LogP contribution is 2.21. The van der Waals surface area contributed by atoms with Crippen molar-refractivity contribution in [2.24, 2.45) is 5.10 Å². The van der Waals surface area contributed by atoms with Crippen LogP contribution in [-0.2, 0) is 0 Å². The number of hydrogen-bond donors (Lipinski definition) is 1. The lowest BCUT2D eigenvalue weighted by Crippen LogP contribution is -1.95. The van der Waals surface area contributed by atoms with Gasteiger partial charge in [-0.3, -0.25) is 0 Å². The van der Waals surface area contributed by atoms with Gasteiger partial charge in [0.2, 0.25) is 4.77 Å². The number of aryl methyl sites for hydroxylation is 1. The Morgan fingerprint density at radius 2 is 2.13 bits per heavy atom. The quantitative estimate of drug-likeness (QED) is 0.556. The van der Waals surface area contributed by atoms with Gasteiger partial charge in [-0.25, -0.2) is 5.10 Å². The van der Waals surface area contributed by atoms with E-state index >= 15 is 0 Å². The lowest BCUT2D eigenvalue weighted by atomic mass is 10.2. The van der Waals surface area contributed by atoms with Gasteiger partial charge >= 0.3 is 0 Å². The van der Waals surface area contributed by atoms with Crippen LogP contribution in [0.2, 0.25) is 0 Å². The number of nitrogens with one attached hydrogen (secondary N) is 1. The van der Waals surface area contributed by atoms with Crippen LogP contribution in [0.5, 0.6) is 5.75 Å². The number of ether oxygens (including phenoxy) is 1. The third-order valence-electron chi connectivity index (χ3n) is 3.27. The van der Waals surface area contributed by atoms with Crippen LogP contribution in [0.3, 0.4) is 0 Å². The van der Waals surface area contributed by atoms with E-state index in [4.69, 9.17) is 17.0 Å². The molecule has 0 bridgehead atoms. The van der Waals surface area contributed by atoms with Gasteiger partial charge in [0.1, 0.15) is 5.75 Å². The summed E-state index contributed by atoms with van der Waals surface area (Å²) in [4.78, 5) is 1.10. The molecule has 0 saturated carbocycles. The van der Waals surface area contributed by atoms with E-state index in [9.17, 15) is 0 Å². The normalized spacial score (nSPS) is 11.2. The van der Waals surface area contributed by atoms with Gasteiger partial charge in [-0.05, 0) is 67.3 Å². The maximum absolute atomic E-state index is 5.46. The van der Waals surface area contributed by atoms with Crippen LogP contribution >= 0.6 is 23.6 Å². The van der Waals surface area contributed by atoms with E-state index in [0.717, 1.165) is 16.2 Å². The number of benzene rings is 1. The summed E-state index contributed by atoms with van der Waals surface area (Å²) in [7, 11) is 0. The predicted molar refractivity (Wildman–Crippen MR) is 96.1 cm³/mol. The SMILES string of the molecule is CCOc1ccc(-c2n[nH]c(=S)n2N=Cc2sccc2C)cc1. The largest absolute Gasteiger partial charge is 0.494 e. The summed E-state index contributed by atoms with van der Waals surface area (Å²) in [5.41, 5.74) is 2.11.